The average molecular weight is 293 g/mol. The van der Waals surface area contributed by atoms with Gasteiger partial charge in [-0.3, -0.25) is 9.71 Å². The minimum atomic E-state index is -3.71. The molecule has 2 N–H and O–H groups in total. The maximum atomic E-state index is 12.2. The summed E-state index contributed by atoms with van der Waals surface area (Å²) >= 11 is 0. The van der Waals surface area contributed by atoms with Crippen molar-refractivity contribution < 1.29 is 8.42 Å². The second-order valence-electron chi connectivity index (χ2n) is 4.01. The fraction of sp³-hybridized carbons (Fsp3) is 0.250. The molecule has 0 atom stereocenters. The van der Waals surface area contributed by atoms with Crippen LogP contribution < -0.4 is 10.0 Å². The van der Waals surface area contributed by atoms with E-state index in [2.05, 4.69) is 25.0 Å². The van der Waals surface area contributed by atoms with E-state index >= 15 is 0 Å². The lowest BCUT2D eigenvalue weighted by Crippen LogP contribution is -2.15. The van der Waals surface area contributed by atoms with E-state index in [4.69, 9.17) is 0 Å². The number of anilines is 2. The predicted molar refractivity (Wildman–Crippen MR) is 76.0 cm³/mol. The van der Waals surface area contributed by atoms with Gasteiger partial charge in [-0.15, -0.1) is 0 Å². The lowest BCUT2D eigenvalue weighted by molar-refractivity contribution is 0.600. The summed E-state index contributed by atoms with van der Waals surface area (Å²) < 4.78 is 26.8. The van der Waals surface area contributed by atoms with Crippen LogP contribution in [-0.2, 0) is 10.0 Å². The Bertz CT molecular complexity index is 685. The predicted octanol–water partition coefficient (Wildman–Crippen LogP) is 1.41. The molecule has 0 aromatic carbocycles. The molecule has 0 bridgehead atoms. The van der Waals surface area contributed by atoms with E-state index in [1.807, 2.05) is 6.92 Å². The van der Waals surface area contributed by atoms with Gasteiger partial charge in [0, 0.05) is 12.7 Å². The molecular weight excluding hydrogens is 278 g/mol. The van der Waals surface area contributed by atoms with Gasteiger partial charge in [0.15, 0.2) is 0 Å². The first-order chi connectivity index (χ1) is 9.53. The Hall–Kier alpha value is -2.22. The van der Waals surface area contributed by atoms with Crippen LogP contribution in [0.15, 0.2) is 35.6 Å². The van der Waals surface area contributed by atoms with Crippen molar-refractivity contribution in [3.63, 3.8) is 0 Å². The quantitative estimate of drug-likeness (QED) is 0.865. The number of sulfonamides is 1. The van der Waals surface area contributed by atoms with Gasteiger partial charge in [-0.05, 0) is 26.0 Å². The van der Waals surface area contributed by atoms with E-state index in [0.29, 0.717) is 23.9 Å². The van der Waals surface area contributed by atoms with Crippen molar-refractivity contribution in [2.75, 3.05) is 16.6 Å². The lowest BCUT2D eigenvalue weighted by Gasteiger charge is -2.09. The molecule has 0 amide bonds. The molecule has 0 fully saturated rings. The molecule has 0 radical (unpaired) electrons. The molecule has 7 nitrogen and oxygen atoms in total. The van der Waals surface area contributed by atoms with Crippen molar-refractivity contribution >= 4 is 21.7 Å². The van der Waals surface area contributed by atoms with Crippen molar-refractivity contribution in [1.29, 1.82) is 0 Å². The fourth-order valence-corrected chi connectivity index (χ4v) is 2.51. The third-order valence-electron chi connectivity index (χ3n) is 2.52. The monoisotopic (exact) mass is 293 g/mol. The molecule has 0 aliphatic carbocycles. The zero-order chi connectivity index (χ0) is 14.6. The van der Waals surface area contributed by atoms with E-state index in [0.717, 1.165) is 0 Å². The lowest BCUT2D eigenvalue weighted by atomic mass is 10.3. The van der Waals surface area contributed by atoms with Crippen LogP contribution in [0.3, 0.4) is 0 Å². The summed E-state index contributed by atoms with van der Waals surface area (Å²) in [6.45, 7) is 4.29. The first-order valence-corrected chi connectivity index (χ1v) is 7.51. The van der Waals surface area contributed by atoms with Crippen molar-refractivity contribution in [2.45, 2.75) is 18.7 Å². The molecule has 0 spiro atoms. The zero-order valence-corrected chi connectivity index (χ0v) is 12.0. The molecule has 2 aromatic rings. The van der Waals surface area contributed by atoms with Gasteiger partial charge in [0.1, 0.15) is 4.90 Å². The first-order valence-electron chi connectivity index (χ1n) is 6.03. The third-order valence-corrected chi connectivity index (χ3v) is 3.84. The van der Waals surface area contributed by atoms with Crippen molar-refractivity contribution in [1.82, 2.24) is 15.0 Å². The minimum Gasteiger partial charge on any atom is -0.355 e. The Kier molecular flexibility index (Phi) is 4.14. The highest BCUT2D eigenvalue weighted by atomic mass is 32.2. The van der Waals surface area contributed by atoms with Crippen LogP contribution in [0.4, 0.5) is 11.6 Å². The SMILES string of the molecule is CCNc1ncc(S(=O)(=O)Nc2cccnc2C)cn1. The summed E-state index contributed by atoms with van der Waals surface area (Å²) in [6, 6.07) is 3.31. The van der Waals surface area contributed by atoms with E-state index in [1.165, 1.54) is 12.4 Å². The molecule has 20 heavy (non-hydrogen) atoms. The Balaban J connectivity index is 2.24. The van der Waals surface area contributed by atoms with Crippen LogP contribution in [0.2, 0.25) is 0 Å². The maximum Gasteiger partial charge on any atom is 0.265 e. The Morgan fingerprint density at radius 3 is 2.50 bits per heavy atom. The molecule has 8 heteroatoms. The summed E-state index contributed by atoms with van der Waals surface area (Å²) in [4.78, 5) is 11.9. The van der Waals surface area contributed by atoms with Crippen LogP contribution in [0.5, 0.6) is 0 Å². The van der Waals surface area contributed by atoms with Gasteiger partial charge in [-0.1, -0.05) is 0 Å². The first kappa shape index (κ1) is 14.2. The van der Waals surface area contributed by atoms with Crippen LogP contribution in [0.25, 0.3) is 0 Å². The Morgan fingerprint density at radius 2 is 1.90 bits per heavy atom. The van der Waals surface area contributed by atoms with E-state index < -0.39 is 10.0 Å². The smallest absolute Gasteiger partial charge is 0.265 e. The zero-order valence-electron chi connectivity index (χ0n) is 11.2. The third kappa shape index (κ3) is 3.21. The number of aryl methyl sites for hydroxylation is 1. The number of hydrogen-bond acceptors (Lipinski definition) is 6. The normalized spacial score (nSPS) is 11.1. The number of rotatable bonds is 5. The minimum absolute atomic E-state index is 0.00223. The van der Waals surface area contributed by atoms with E-state index in [9.17, 15) is 8.42 Å². The van der Waals surface area contributed by atoms with E-state index in [1.54, 1.807) is 25.3 Å². The van der Waals surface area contributed by atoms with Crippen molar-refractivity contribution in [3.8, 4) is 0 Å². The molecule has 0 saturated carbocycles. The van der Waals surface area contributed by atoms with Gasteiger partial charge < -0.3 is 5.32 Å². The highest BCUT2D eigenvalue weighted by Crippen LogP contribution is 2.17. The summed E-state index contributed by atoms with van der Waals surface area (Å²) in [5.74, 6) is 0.393. The molecular formula is C12H15N5O2S. The van der Waals surface area contributed by atoms with Crippen LogP contribution in [0, 0.1) is 6.92 Å². The van der Waals surface area contributed by atoms with Crippen LogP contribution in [0.1, 0.15) is 12.6 Å². The van der Waals surface area contributed by atoms with Gasteiger partial charge in [0.05, 0.1) is 23.8 Å². The molecule has 2 heterocycles. The standard InChI is InChI=1S/C12H15N5O2S/c1-3-13-12-15-7-10(8-16-12)20(18,19)17-11-5-4-6-14-9(11)2/h4-8,17H,3H2,1-2H3,(H,13,15,16). The molecule has 0 unspecified atom stereocenters. The van der Waals surface area contributed by atoms with Gasteiger partial charge in [-0.25, -0.2) is 18.4 Å². The Labute approximate surface area is 117 Å². The second-order valence-corrected chi connectivity index (χ2v) is 5.70. The molecule has 0 aliphatic rings. The summed E-state index contributed by atoms with van der Waals surface area (Å²) in [6.07, 6.45) is 4.12. The van der Waals surface area contributed by atoms with Gasteiger partial charge in [-0.2, -0.15) is 0 Å². The number of nitrogens with zero attached hydrogens (tertiary/aromatic N) is 3. The van der Waals surface area contributed by atoms with Crippen LogP contribution >= 0.6 is 0 Å². The largest absolute Gasteiger partial charge is 0.355 e. The number of pyridine rings is 1. The summed E-state index contributed by atoms with van der Waals surface area (Å²) in [5, 5.41) is 2.90. The summed E-state index contributed by atoms with van der Waals surface area (Å²) in [7, 11) is -3.71. The van der Waals surface area contributed by atoms with Gasteiger partial charge in [0.2, 0.25) is 5.95 Å². The highest BCUT2D eigenvalue weighted by molar-refractivity contribution is 7.92. The molecule has 2 rings (SSSR count). The van der Waals surface area contributed by atoms with Gasteiger partial charge >= 0.3 is 0 Å². The van der Waals surface area contributed by atoms with Crippen molar-refractivity contribution in [2.24, 2.45) is 0 Å². The van der Waals surface area contributed by atoms with E-state index in [-0.39, 0.29) is 4.90 Å². The maximum absolute atomic E-state index is 12.2. The second kappa shape index (κ2) is 5.83. The molecule has 2 aromatic heterocycles. The Morgan fingerprint density at radius 1 is 1.20 bits per heavy atom. The van der Waals surface area contributed by atoms with Gasteiger partial charge in [0.25, 0.3) is 10.0 Å². The summed E-state index contributed by atoms with van der Waals surface area (Å²) in [5.41, 5.74) is 1.03. The van der Waals surface area contributed by atoms with Crippen molar-refractivity contribution in [3.05, 3.63) is 36.4 Å². The highest BCUT2D eigenvalue weighted by Gasteiger charge is 2.16. The van der Waals surface area contributed by atoms with Crippen LogP contribution in [-0.4, -0.2) is 29.9 Å². The fourth-order valence-electron chi connectivity index (χ4n) is 1.50. The topological polar surface area (TPSA) is 96.9 Å². The number of hydrogen-bond donors (Lipinski definition) is 2. The molecule has 0 saturated heterocycles. The number of aromatic nitrogens is 3. The average Bonchev–Trinajstić information content (AvgIpc) is 2.42. The number of nitrogens with one attached hydrogen (secondary N) is 2. The molecule has 106 valence electrons. The molecule has 0 aliphatic heterocycles.